The summed E-state index contributed by atoms with van der Waals surface area (Å²) in [7, 11) is 0. The number of aliphatic hydroxyl groups is 1. The first-order valence-electron chi connectivity index (χ1n) is 6.02. The second-order valence-electron chi connectivity index (χ2n) is 4.87. The summed E-state index contributed by atoms with van der Waals surface area (Å²) in [5, 5.41) is 19.1. The topological polar surface area (TPSA) is 57.5 Å². The van der Waals surface area contributed by atoms with Crippen LogP contribution in [-0.4, -0.2) is 16.2 Å². The lowest BCUT2D eigenvalue weighted by Gasteiger charge is -2.23. The van der Waals surface area contributed by atoms with Gasteiger partial charge in [-0.1, -0.05) is 35.9 Å². The first-order chi connectivity index (χ1) is 8.33. The third-order valence-electron chi connectivity index (χ3n) is 3.09. The predicted octanol–water partition coefficient (Wildman–Crippen LogP) is 3.01. The third kappa shape index (κ3) is 4.00. The van der Waals surface area contributed by atoms with Crippen molar-refractivity contribution in [3.8, 4) is 0 Å². The summed E-state index contributed by atoms with van der Waals surface area (Å²) in [6, 6.07) is 7.73. The number of aryl methyl sites for hydroxylation is 1. The van der Waals surface area contributed by atoms with Crippen molar-refractivity contribution < 1.29 is 15.0 Å². The number of carboxylic acid groups (broad SMARTS) is 1. The van der Waals surface area contributed by atoms with Crippen LogP contribution in [0.3, 0.4) is 0 Å². The lowest BCUT2D eigenvalue weighted by molar-refractivity contribution is -0.132. The summed E-state index contributed by atoms with van der Waals surface area (Å²) >= 11 is 0. The molecule has 1 aromatic rings. The van der Waals surface area contributed by atoms with Crippen molar-refractivity contribution in [1.82, 2.24) is 0 Å². The monoisotopic (exact) mass is 248 g/mol. The summed E-state index contributed by atoms with van der Waals surface area (Å²) in [5.74, 6) is -0.912. The minimum atomic E-state index is -0.928. The van der Waals surface area contributed by atoms with Crippen molar-refractivity contribution in [2.45, 2.75) is 39.2 Å². The van der Waals surface area contributed by atoms with Gasteiger partial charge in [0.1, 0.15) is 0 Å². The first kappa shape index (κ1) is 14.5. The van der Waals surface area contributed by atoms with Gasteiger partial charge in [-0.2, -0.15) is 0 Å². The number of hydrogen-bond donors (Lipinski definition) is 2. The Morgan fingerprint density at radius 2 is 1.89 bits per heavy atom. The summed E-state index contributed by atoms with van der Waals surface area (Å²) in [5.41, 5.74) is 1.39. The Morgan fingerprint density at radius 1 is 1.33 bits per heavy atom. The molecule has 18 heavy (non-hydrogen) atoms. The Balaban J connectivity index is 2.68. The molecule has 3 nitrogen and oxygen atoms in total. The normalized spacial score (nSPS) is 15.2. The molecule has 0 fully saturated rings. The molecule has 2 N–H and O–H groups in total. The van der Waals surface area contributed by atoms with Gasteiger partial charge in [0.15, 0.2) is 0 Å². The second kappa shape index (κ2) is 5.83. The van der Waals surface area contributed by atoms with Crippen molar-refractivity contribution >= 4 is 5.97 Å². The number of carbonyl (C=O) groups is 1. The highest BCUT2D eigenvalue weighted by Gasteiger charge is 2.21. The van der Waals surface area contributed by atoms with E-state index in [0.29, 0.717) is 18.4 Å². The number of rotatable bonds is 5. The van der Waals surface area contributed by atoms with Gasteiger partial charge in [-0.15, -0.1) is 0 Å². The van der Waals surface area contributed by atoms with Crippen molar-refractivity contribution in [1.29, 1.82) is 0 Å². The Bertz CT molecular complexity index is 441. The summed E-state index contributed by atoms with van der Waals surface area (Å²) in [6.45, 7) is 5.31. The molecule has 0 bridgehead atoms. The molecule has 0 aliphatic rings. The Kier molecular flexibility index (Phi) is 4.68. The van der Waals surface area contributed by atoms with Crippen molar-refractivity contribution in [3.05, 3.63) is 47.0 Å². The molecule has 1 rings (SSSR count). The van der Waals surface area contributed by atoms with Gasteiger partial charge in [0.05, 0.1) is 5.60 Å². The molecule has 0 saturated carbocycles. The van der Waals surface area contributed by atoms with Gasteiger partial charge in [0.2, 0.25) is 0 Å². The number of allylic oxidation sites excluding steroid dienone is 1. The van der Waals surface area contributed by atoms with Gasteiger partial charge in [-0.3, -0.25) is 0 Å². The Labute approximate surface area is 108 Å². The maximum Gasteiger partial charge on any atom is 0.330 e. The van der Waals surface area contributed by atoms with E-state index in [1.807, 2.05) is 31.2 Å². The van der Waals surface area contributed by atoms with Gasteiger partial charge in [0.25, 0.3) is 0 Å². The summed E-state index contributed by atoms with van der Waals surface area (Å²) in [4.78, 5) is 10.6. The zero-order chi connectivity index (χ0) is 13.8. The van der Waals surface area contributed by atoms with Crippen molar-refractivity contribution in [3.63, 3.8) is 0 Å². The molecule has 0 spiro atoms. The lowest BCUT2D eigenvalue weighted by atomic mass is 9.90. The van der Waals surface area contributed by atoms with E-state index < -0.39 is 11.6 Å². The smallest absolute Gasteiger partial charge is 0.330 e. The van der Waals surface area contributed by atoms with Gasteiger partial charge < -0.3 is 10.2 Å². The third-order valence-corrected chi connectivity index (χ3v) is 3.09. The Hall–Kier alpha value is -1.61. The molecule has 0 unspecified atom stereocenters. The zero-order valence-corrected chi connectivity index (χ0v) is 11.1. The fourth-order valence-electron chi connectivity index (χ4n) is 1.71. The number of carboxylic acids is 1. The van der Waals surface area contributed by atoms with Crippen LogP contribution in [0.1, 0.15) is 37.8 Å². The number of benzene rings is 1. The van der Waals surface area contributed by atoms with Gasteiger partial charge in [-0.25, -0.2) is 4.79 Å². The van der Waals surface area contributed by atoms with Crippen LogP contribution >= 0.6 is 0 Å². The average Bonchev–Trinajstić information content (AvgIpc) is 2.29. The van der Waals surface area contributed by atoms with Gasteiger partial charge in [-0.05, 0) is 39.2 Å². The molecular weight excluding hydrogens is 228 g/mol. The minimum Gasteiger partial charge on any atom is -0.478 e. The molecule has 0 aliphatic carbocycles. The van der Waals surface area contributed by atoms with Crippen LogP contribution in [0.2, 0.25) is 0 Å². The van der Waals surface area contributed by atoms with Gasteiger partial charge >= 0.3 is 5.97 Å². The predicted molar refractivity (Wildman–Crippen MR) is 71.4 cm³/mol. The highest BCUT2D eigenvalue weighted by atomic mass is 16.4. The maximum atomic E-state index is 10.6. The van der Waals surface area contributed by atoms with E-state index in [0.717, 1.165) is 11.1 Å². The van der Waals surface area contributed by atoms with E-state index in [1.165, 1.54) is 0 Å². The second-order valence-corrected chi connectivity index (χ2v) is 4.87. The van der Waals surface area contributed by atoms with Crippen LogP contribution in [0, 0.1) is 6.92 Å². The van der Waals surface area contributed by atoms with Crippen LogP contribution in [0.15, 0.2) is 35.9 Å². The molecule has 0 aliphatic heterocycles. The molecule has 0 heterocycles. The Morgan fingerprint density at radius 3 is 2.39 bits per heavy atom. The van der Waals surface area contributed by atoms with Crippen LogP contribution in [0.4, 0.5) is 0 Å². The minimum absolute atomic E-state index is 0.315. The molecule has 1 aromatic carbocycles. The molecule has 0 saturated heterocycles. The SMILES string of the molecule is C/C(=C\CC[C@@](C)(O)c1ccc(C)cc1)C(=O)O. The van der Waals surface area contributed by atoms with Crippen molar-refractivity contribution in [2.24, 2.45) is 0 Å². The van der Waals surface area contributed by atoms with E-state index in [-0.39, 0.29) is 0 Å². The van der Waals surface area contributed by atoms with E-state index in [2.05, 4.69) is 0 Å². The highest BCUT2D eigenvalue weighted by Crippen LogP contribution is 2.26. The molecule has 3 heteroatoms. The lowest BCUT2D eigenvalue weighted by Crippen LogP contribution is -2.20. The largest absolute Gasteiger partial charge is 0.478 e. The number of aliphatic carboxylic acids is 1. The standard InChI is InChI=1S/C15H20O3/c1-11-6-8-13(9-7-11)15(3,18)10-4-5-12(2)14(16)17/h5-9,18H,4,10H2,1-3H3,(H,16,17)/b12-5+/t15-/m1/s1. The van der Waals surface area contributed by atoms with Crippen LogP contribution in [0.5, 0.6) is 0 Å². The van der Waals surface area contributed by atoms with Crippen LogP contribution in [0.25, 0.3) is 0 Å². The molecular formula is C15H20O3. The van der Waals surface area contributed by atoms with E-state index >= 15 is 0 Å². The highest BCUT2D eigenvalue weighted by molar-refractivity contribution is 5.85. The average molecular weight is 248 g/mol. The van der Waals surface area contributed by atoms with Gasteiger partial charge in [0, 0.05) is 5.57 Å². The fraction of sp³-hybridized carbons (Fsp3) is 0.400. The maximum absolute atomic E-state index is 10.6. The fourth-order valence-corrected chi connectivity index (χ4v) is 1.71. The van der Waals surface area contributed by atoms with Crippen LogP contribution in [-0.2, 0) is 10.4 Å². The van der Waals surface area contributed by atoms with E-state index in [1.54, 1.807) is 19.9 Å². The molecule has 0 aromatic heterocycles. The summed E-state index contributed by atoms with van der Waals surface area (Å²) in [6.07, 6.45) is 2.69. The summed E-state index contributed by atoms with van der Waals surface area (Å²) < 4.78 is 0. The van der Waals surface area contributed by atoms with E-state index in [9.17, 15) is 9.90 Å². The molecule has 98 valence electrons. The molecule has 0 amide bonds. The molecule has 1 atom stereocenters. The molecule has 0 radical (unpaired) electrons. The zero-order valence-electron chi connectivity index (χ0n) is 11.1. The van der Waals surface area contributed by atoms with Crippen LogP contribution < -0.4 is 0 Å². The quantitative estimate of drug-likeness (QED) is 0.787. The number of hydrogen-bond acceptors (Lipinski definition) is 2. The van der Waals surface area contributed by atoms with Crippen molar-refractivity contribution in [2.75, 3.05) is 0 Å². The van der Waals surface area contributed by atoms with E-state index in [4.69, 9.17) is 5.11 Å². The first-order valence-corrected chi connectivity index (χ1v) is 6.02.